The Hall–Kier alpha value is -4.84. The quantitative estimate of drug-likeness (QED) is 0.224. The molecule has 1 aliphatic heterocycles. The van der Waals surface area contributed by atoms with E-state index in [1.807, 2.05) is 13.0 Å². The zero-order chi connectivity index (χ0) is 24.9. The zero-order valence-corrected chi connectivity index (χ0v) is 18.8. The van der Waals surface area contributed by atoms with Crippen molar-refractivity contribution in [3.63, 3.8) is 0 Å². The molecule has 0 saturated heterocycles. The van der Waals surface area contributed by atoms with Gasteiger partial charge in [-0.1, -0.05) is 37.3 Å². The molecule has 0 spiro atoms. The van der Waals surface area contributed by atoms with Crippen LogP contribution in [0.5, 0.6) is 17.2 Å². The van der Waals surface area contributed by atoms with Crippen molar-refractivity contribution in [1.29, 1.82) is 5.26 Å². The second-order valence-corrected chi connectivity index (χ2v) is 7.71. The van der Waals surface area contributed by atoms with Crippen LogP contribution in [0.3, 0.4) is 0 Å². The fraction of sp³-hybridized carbons (Fsp3) is 0.154. The average Bonchev–Trinajstić information content (AvgIpc) is 2.86. The predicted octanol–water partition coefficient (Wildman–Crippen LogP) is 4.82. The van der Waals surface area contributed by atoms with Gasteiger partial charge in [0, 0.05) is 23.8 Å². The molecular formula is C26H21N3O6. The number of carbonyl (C=O) groups excluding carboxylic acids is 1. The molecule has 1 atom stereocenters. The first-order valence-corrected chi connectivity index (χ1v) is 10.8. The Bertz CT molecular complexity index is 1380. The van der Waals surface area contributed by atoms with Crippen molar-refractivity contribution < 1.29 is 23.9 Å². The van der Waals surface area contributed by atoms with Crippen LogP contribution in [0, 0.1) is 21.4 Å². The van der Waals surface area contributed by atoms with Crippen molar-refractivity contribution in [3.8, 4) is 23.3 Å². The second-order valence-electron chi connectivity index (χ2n) is 7.71. The minimum Gasteiger partial charge on any atom is -0.493 e. The van der Waals surface area contributed by atoms with Crippen LogP contribution < -0.4 is 19.9 Å². The molecule has 0 aliphatic carbocycles. The number of nitro groups is 1. The number of carbonyl (C=O) groups is 1. The maximum Gasteiger partial charge on any atom is 0.347 e. The summed E-state index contributed by atoms with van der Waals surface area (Å²) in [4.78, 5) is 23.6. The molecule has 0 fully saturated rings. The Morgan fingerprint density at radius 2 is 1.97 bits per heavy atom. The molecule has 3 aromatic carbocycles. The van der Waals surface area contributed by atoms with E-state index in [-0.39, 0.29) is 34.2 Å². The van der Waals surface area contributed by atoms with Gasteiger partial charge in [-0.05, 0) is 30.2 Å². The van der Waals surface area contributed by atoms with E-state index in [1.54, 1.807) is 48.5 Å². The molecule has 0 amide bonds. The molecule has 0 radical (unpaired) electrons. The number of allylic oxidation sites excluding steroid dienone is 1. The highest BCUT2D eigenvalue weighted by molar-refractivity contribution is 5.94. The summed E-state index contributed by atoms with van der Waals surface area (Å²) in [5.74, 6) is -0.521. The van der Waals surface area contributed by atoms with Gasteiger partial charge in [-0.15, -0.1) is 0 Å². The van der Waals surface area contributed by atoms with E-state index < -0.39 is 16.8 Å². The number of hydrogen-bond acceptors (Lipinski definition) is 8. The lowest BCUT2D eigenvalue weighted by molar-refractivity contribution is -0.384. The Labute approximate surface area is 201 Å². The highest BCUT2D eigenvalue weighted by Crippen LogP contribution is 2.44. The zero-order valence-electron chi connectivity index (χ0n) is 18.8. The summed E-state index contributed by atoms with van der Waals surface area (Å²) in [6.45, 7) is 2.43. The van der Waals surface area contributed by atoms with E-state index in [9.17, 15) is 20.2 Å². The Morgan fingerprint density at radius 1 is 1.17 bits per heavy atom. The molecule has 4 rings (SSSR count). The summed E-state index contributed by atoms with van der Waals surface area (Å²) in [6.07, 6.45) is 0.789. The summed E-state index contributed by atoms with van der Waals surface area (Å²) >= 11 is 0. The SMILES string of the molecule is CCCOc1ccccc1C(=O)Oc1ccc2c(c1)OC(N)=C(C#N)C2c1cccc([N+](=O)[O-])c1. The minimum atomic E-state index is -0.684. The van der Waals surface area contributed by atoms with E-state index in [1.165, 1.54) is 18.2 Å². The lowest BCUT2D eigenvalue weighted by Crippen LogP contribution is -2.21. The number of nitro benzene ring substituents is 1. The van der Waals surface area contributed by atoms with E-state index >= 15 is 0 Å². The van der Waals surface area contributed by atoms with Crippen LogP contribution in [0.4, 0.5) is 5.69 Å². The normalized spacial score (nSPS) is 14.3. The van der Waals surface area contributed by atoms with E-state index in [2.05, 4.69) is 0 Å². The number of para-hydroxylation sites is 1. The molecule has 1 unspecified atom stereocenters. The standard InChI is InChI=1S/C26H21N3O6/c1-2-12-33-22-9-4-3-8-20(22)26(30)34-18-10-11-19-23(14-18)35-25(28)21(15-27)24(19)16-6-5-7-17(13-16)29(31)32/h3-11,13-14,24H,2,12,28H2,1H3. The highest BCUT2D eigenvalue weighted by atomic mass is 16.6. The van der Waals surface area contributed by atoms with Gasteiger partial charge in [0.25, 0.3) is 5.69 Å². The van der Waals surface area contributed by atoms with Crippen LogP contribution in [0.2, 0.25) is 0 Å². The third kappa shape index (κ3) is 4.77. The largest absolute Gasteiger partial charge is 0.493 e. The van der Waals surface area contributed by atoms with Crippen LogP contribution in [0.25, 0.3) is 0 Å². The summed E-state index contributed by atoms with van der Waals surface area (Å²) < 4.78 is 16.8. The van der Waals surface area contributed by atoms with Crippen molar-refractivity contribution in [2.75, 3.05) is 6.61 Å². The number of hydrogen-bond donors (Lipinski definition) is 1. The molecule has 1 aliphatic rings. The topological polar surface area (TPSA) is 138 Å². The minimum absolute atomic E-state index is 0.110. The summed E-state index contributed by atoms with van der Waals surface area (Å²) in [6, 6.07) is 19.5. The van der Waals surface area contributed by atoms with Crippen LogP contribution >= 0.6 is 0 Å². The van der Waals surface area contributed by atoms with Gasteiger partial charge in [0.15, 0.2) is 0 Å². The molecule has 2 N–H and O–H groups in total. The van der Waals surface area contributed by atoms with Crippen LogP contribution in [0.15, 0.2) is 78.2 Å². The molecule has 0 bridgehead atoms. The van der Waals surface area contributed by atoms with Gasteiger partial charge >= 0.3 is 5.97 Å². The summed E-state index contributed by atoms with van der Waals surface area (Å²) in [5.41, 5.74) is 7.38. The Kier molecular flexibility index (Phi) is 6.64. The summed E-state index contributed by atoms with van der Waals surface area (Å²) in [5, 5.41) is 21.0. The molecule has 3 aromatic rings. The third-order valence-corrected chi connectivity index (χ3v) is 5.38. The third-order valence-electron chi connectivity index (χ3n) is 5.38. The monoisotopic (exact) mass is 471 g/mol. The number of rotatable bonds is 7. The molecular weight excluding hydrogens is 450 g/mol. The molecule has 1 heterocycles. The second kappa shape index (κ2) is 9.97. The van der Waals surface area contributed by atoms with Gasteiger partial charge < -0.3 is 19.9 Å². The van der Waals surface area contributed by atoms with Gasteiger partial charge in [-0.25, -0.2) is 4.79 Å². The maximum atomic E-state index is 12.8. The Balaban J connectivity index is 1.67. The smallest absolute Gasteiger partial charge is 0.347 e. The number of nitrogens with zero attached hydrogens (tertiary/aromatic N) is 2. The molecule has 9 heteroatoms. The van der Waals surface area contributed by atoms with Crippen molar-refractivity contribution in [2.45, 2.75) is 19.3 Å². The van der Waals surface area contributed by atoms with E-state index in [0.29, 0.717) is 23.5 Å². The van der Waals surface area contributed by atoms with Gasteiger partial charge in [-0.3, -0.25) is 10.1 Å². The summed E-state index contributed by atoms with van der Waals surface area (Å²) in [7, 11) is 0. The average molecular weight is 471 g/mol. The fourth-order valence-corrected chi connectivity index (χ4v) is 3.80. The molecule has 0 aromatic heterocycles. The van der Waals surface area contributed by atoms with E-state index in [4.69, 9.17) is 19.9 Å². The molecule has 35 heavy (non-hydrogen) atoms. The van der Waals surface area contributed by atoms with Crippen LogP contribution in [-0.4, -0.2) is 17.5 Å². The van der Waals surface area contributed by atoms with Gasteiger partial charge in [-0.2, -0.15) is 5.26 Å². The number of non-ortho nitro benzene ring substituents is 1. The van der Waals surface area contributed by atoms with Crippen LogP contribution in [0.1, 0.15) is 40.7 Å². The first kappa shape index (κ1) is 23.3. The van der Waals surface area contributed by atoms with Crippen molar-refractivity contribution in [3.05, 3.63) is 105 Å². The number of nitriles is 1. The Morgan fingerprint density at radius 3 is 2.71 bits per heavy atom. The first-order chi connectivity index (χ1) is 16.9. The number of ether oxygens (including phenoxy) is 3. The number of fused-ring (bicyclic) bond motifs is 1. The molecule has 9 nitrogen and oxygen atoms in total. The van der Waals surface area contributed by atoms with Crippen molar-refractivity contribution in [2.24, 2.45) is 5.73 Å². The van der Waals surface area contributed by atoms with Gasteiger partial charge in [0.2, 0.25) is 5.88 Å². The van der Waals surface area contributed by atoms with Crippen molar-refractivity contribution >= 4 is 11.7 Å². The number of benzene rings is 3. The maximum absolute atomic E-state index is 12.8. The molecule has 0 saturated carbocycles. The lowest BCUT2D eigenvalue weighted by Gasteiger charge is -2.26. The molecule has 176 valence electrons. The number of nitrogens with two attached hydrogens (primary N) is 1. The fourth-order valence-electron chi connectivity index (χ4n) is 3.80. The van der Waals surface area contributed by atoms with Crippen molar-refractivity contribution in [1.82, 2.24) is 0 Å². The van der Waals surface area contributed by atoms with E-state index in [0.717, 1.165) is 6.42 Å². The van der Waals surface area contributed by atoms with Gasteiger partial charge in [0.1, 0.15) is 34.5 Å². The van der Waals surface area contributed by atoms with Gasteiger partial charge in [0.05, 0.1) is 17.4 Å². The highest BCUT2D eigenvalue weighted by Gasteiger charge is 2.32. The predicted molar refractivity (Wildman–Crippen MR) is 126 cm³/mol. The number of esters is 1. The lowest BCUT2D eigenvalue weighted by atomic mass is 9.83. The first-order valence-electron chi connectivity index (χ1n) is 10.8. The van der Waals surface area contributed by atoms with Crippen LogP contribution in [-0.2, 0) is 0 Å².